The number of benzene rings is 1. The van der Waals surface area contributed by atoms with Gasteiger partial charge in [-0.05, 0) is 40.0 Å². The molecule has 3 aliphatic rings. The summed E-state index contributed by atoms with van der Waals surface area (Å²) in [6, 6.07) is 4.70. The Morgan fingerprint density at radius 1 is 1.04 bits per heavy atom. The van der Waals surface area contributed by atoms with E-state index in [-0.39, 0.29) is 36.3 Å². The van der Waals surface area contributed by atoms with Crippen LogP contribution in [0.5, 0.6) is 0 Å². The molecule has 0 aromatic heterocycles. The van der Waals surface area contributed by atoms with E-state index in [1.165, 1.54) is 6.07 Å². The van der Waals surface area contributed by atoms with E-state index in [9.17, 15) is 14.0 Å². The van der Waals surface area contributed by atoms with E-state index in [0.29, 0.717) is 35.0 Å². The number of ketones is 2. The van der Waals surface area contributed by atoms with Crippen LogP contribution in [0.15, 0.2) is 45.2 Å². The maximum Gasteiger partial charge on any atom is 0.175 e. The molecule has 0 radical (unpaired) electrons. The van der Waals surface area contributed by atoms with E-state index in [4.69, 9.17) is 0 Å². The lowest BCUT2D eigenvalue weighted by atomic mass is 9.77. The summed E-state index contributed by atoms with van der Waals surface area (Å²) in [6.45, 7) is 0.834. The van der Waals surface area contributed by atoms with Gasteiger partial charge >= 0.3 is 0 Å². The monoisotopic (exact) mass is 412 g/mol. The number of allylic oxidation sites excluding steroid dienone is 2. The van der Waals surface area contributed by atoms with Crippen LogP contribution >= 0.6 is 28.3 Å². The summed E-state index contributed by atoms with van der Waals surface area (Å²) in [5, 5.41) is 6.34. The predicted molar refractivity (Wildman–Crippen MR) is 93.4 cm³/mol. The lowest BCUT2D eigenvalue weighted by molar-refractivity contribution is -0.115. The summed E-state index contributed by atoms with van der Waals surface area (Å²) in [5.74, 6) is -0.713. The zero-order chi connectivity index (χ0) is 16.1. The van der Waals surface area contributed by atoms with Crippen molar-refractivity contribution in [2.75, 3.05) is 13.1 Å². The van der Waals surface area contributed by atoms with Crippen molar-refractivity contribution >= 4 is 39.9 Å². The molecule has 2 N–H and O–H groups in total. The highest BCUT2D eigenvalue weighted by Gasteiger charge is 2.41. The van der Waals surface area contributed by atoms with Crippen molar-refractivity contribution in [1.82, 2.24) is 10.6 Å². The molecule has 1 aliphatic carbocycles. The molecule has 1 unspecified atom stereocenters. The molecule has 0 amide bonds. The Labute approximate surface area is 153 Å². The first-order chi connectivity index (χ1) is 11.1. The van der Waals surface area contributed by atoms with E-state index >= 15 is 0 Å². The number of rotatable bonds is 1. The Hall–Kier alpha value is -1.50. The summed E-state index contributed by atoms with van der Waals surface area (Å²) in [4.78, 5) is 24.9. The average molecular weight is 414 g/mol. The second-order valence-electron chi connectivity index (χ2n) is 5.97. The first-order valence-corrected chi connectivity index (χ1v) is 8.30. The SMILES string of the molecule is Cl.O=C1CCC2=C1C(c1ccc(F)c(Br)c1)C1=C(CNCC1=O)N2. The number of halogens is 3. The van der Waals surface area contributed by atoms with E-state index in [1.807, 2.05) is 0 Å². The van der Waals surface area contributed by atoms with Gasteiger partial charge in [-0.15, -0.1) is 12.4 Å². The van der Waals surface area contributed by atoms with Gasteiger partial charge in [0.15, 0.2) is 11.6 Å². The van der Waals surface area contributed by atoms with Crippen molar-refractivity contribution in [3.63, 3.8) is 0 Å². The highest BCUT2D eigenvalue weighted by Crippen LogP contribution is 2.44. The quantitative estimate of drug-likeness (QED) is 0.743. The summed E-state index contributed by atoms with van der Waals surface area (Å²) >= 11 is 3.20. The fraction of sp³-hybridized carbons (Fsp3) is 0.294. The standard InChI is InChI=1S/C17H14BrFN2O2.ClH/c18-9-5-8(1-2-10(9)19)15-16-11(3-4-13(16)22)21-12-6-20-7-14(23)17(12)15;/h1-2,5,15,20-21H,3-4,6-7H2;1H. The number of dihydropyridines is 1. The van der Waals surface area contributed by atoms with Crippen LogP contribution in [0.25, 0.3) is 0 Å². The van der Waals surface area contributed by atoms with Crippen LogP contribution in [0.4, 0.5) is 4.39 Å². The third-order valence-corrected chi connectivity index (χ3v) is 5.20. The van der Waals surface area contributed by atoms with Crippen LogP contribution in [-0.2, 0) is 9.59 Å². The van der Waals surface area contributed by atoms with Gasteiger partial charge in [0.25, 0.3) is 0 Å². The molecule has 0 bridgehead atoms. The molecule has 0 saturated carbocycles. The second kappa shape index (κ2) is 6.43. The van der Waals surface area contributed by atoms with E-state index in [2.05, 4.69) is 26.6 Å². The highest BCUT2D eigenvalue weighted by atomic mass is 79.9. The molecule has 126 valence electrons. The van der Waals surface area contributed by atoms with E-state index < -0.39 is 5.92 Å². The number of hydrogen-bond donors (Lipinski definition) is 2. The van der Waals surface area contributed by atoms with Gasteiger partial charge in [-0.2, -0.15) is 0 Å². The molecule has 4 rings (SSSR count). The summed E-state index contributed by atoms with van der Waals surface area (Å²) in [6.07, 6.45) is 1.12. The van der Waals surface area contributed by atoms with E-state index in [1.54, 1.807) is 12.1 Å². The van der Waals surface area contributed by atoms with Gasteiger partial charge < -0.3 is 10.6 Å². The Morgan fingerprint density at radius 3 is 2.54 bits per heavy atom. The third-order valence-electron chi connectivity index (χ3n) is 4.60. The number of carbonyl (C=O) groups excluding carboxylic acids is 2. The largest absolute Gasteiger partial charge is 0.360 e. The molecule has 0 spiro atoms. The minimum atomic E-state index is -0.400. The van der Waals surface area contributed by atoms with Crippen molar-refractivity contribution < 1.29 is 14.0 Å². The van der Waals surface area contributed by atoms with Crippen LogP contribution in [-0.4, -0.2) is 24.7 Å². The van der Waals surface area contributed by atoms with Gasteiger partial charge in [-0.1, -0.05) is 6.07 Å². The molecule has 2 heterocycles. The van der Waals surface area contributed by atoms with Crippen LogP contribution in [0.3, 0.4) is 0 Å². The molecule has 7 heteroatoms. The number of Topliss-reactive ketones (excluding diaryl/α,β-unsaturated/α-hetero) is 2. The van der Waals surface area contributed by atoms with Gasteiger partial charge in [0.2, 0.25) is 0 Å². The molecule has 4 nitrogen and oxygen atoms in total. The van der Waals surface area contributed by atoms with Gasteiger partial charge in [-0.25, -0.2) is 4.39 Å². The molecule has 2 aliphatic heterocycles. The minimum absolute atomic E-state index is 0. The Bertz CT molecular complexity index is 819. The van der Waals surface area contributed by atoms with Gasteiger partial charge in [0, 0.05) is 41.4 Å². The van der Waals surface area contributed by atoms with Crippen molar-refractivity contribution in [1.29, 1.82) is 0 Å². The van der Waals surface area contributed by atoms with Crippen LogP contribution < -0.4 is 10.6 Å². The zero-order valence-electron chi connectivity index (χ0n) is 12.6. The van der Waals surface area contributed by atoms with Gasteiger partial charge in [0.1, 0.15) is 5.82 Å². The Balaban J connectivity index is 0.00000169. The summed E-state index contributed by atoms with van der Waals surface area (Å²) in [7, 11) is 0. The smallest absolute Gasteiger partial charge is 0.175 e. The minimum Gasteiger partial charge on any atom is -0.360 e. The lowest BCUT2D eigenvalue weighted by Gasteiger charge is -2.33. The Morgan fingerprint density at radius 2 is 1.79 bits per heavy atom. The molecular weight excluding hydrogens is 399 g/mol. The molecule has 1 aromatic carbocycles. The van der Waals surface area contributed by atoms with Crippen molar-refractivity contribution in [2.24, 2.45) is 0 Å². The van der Waals surface area contributed by atoms with Crippen molar-refractivity contribution in [2.45, 2.75) is 18.8 Å². The average Bonchev–Trinajstić information content (AvgIpc) is 2.90. The fourth-order valence-corrected chi connectivity index (χ4v) is 4.00. The highest BCUT2D eigenvalue weighted by molar-refractivity contribution is 9.10. The molecule has 0 fully saturated rings. The molecule has 0 saturated heterocycles. The zero-order valence-corrected chi connectivity index (χ0v) is 15.0. The first kappa shape index (κ1) is 17.3. The van der Waals surface area contributed by atoms with Gasteiger partial charge in [-0.3, -0.25) is 9.59 Å². The maximum absolute atomic E-state index is 13.6. The fourth-order valence-electron chi connectivity index (χ4n) is 3.60. The topological polar surface area (TPSA) is 58.2 Å². The molecule has 1 atom stereocenters. The van der Waals surface area contributed by atoms with Gasteiger partial charge in [0.05, 0.1) is 11.0 Å². The maximum atomic E-state index is 13.6. The number of carbonyl (C=O) groups is 2. The molecular formula is C17H15BrClFN2O2. The van der Waals surface area contributed by atoms with Crippen molar-refractivity contribution in [3.8, 4) is 0 Å². The molecule has 1 aromatic rings. The van der Waals surface area contributed by atoms with Crippen LogP contribution in [0, 0.1) is 5.82 Å². The summed E-state index contributed by atoms with van der Waals surface area (Å²) in [5.41, 5.74) is 3.80. The Kier molecular flexibility index (Phi) is 4.64. The van der Waals surface area contributed by atoms with Crippen LogP contribution in [0.2, 0.25) is 0 Å². The van der Waals surface area contributed by atoms with Crippen LogP contribution in [0.1, 0.15) is 24.3 Å². The molecule has 24 heavy (non-hydrogen) atoms. The normalized spacial score (nSPS) is 22.8. The summed E-state index contributed by atoms with van der Waals surface area (Å²) < 4.78 is 13.9. The third kappa shape index (κ3) is 2.62. The second-order valence-corrected chi connectivity index (χ2v) is 6.82. The number of nitrogens with one attached hydrogen (secondary N) is 2. The lowest BCUT2D eigenvalue weighted by Crippen LogP contribution is -2.42. The number of hydrogen-bond acceptors (Lipinski definition) is 4. The predicted octanol–water partition coefficient (Wildman–Crippen LogP) is 2.74. The first-order valence-electron chi connectivity index (χ1n) is 7.51. The van der Waals surface area contributed by atoms with E-state index in [0.717, 1.165) is 17.0 Å². The van der Waals surface area contributed by atoms with Crippen molar-refractivity contribution in [3.05, 3.63) is 56.6 Å².